The number of aromatic nitrogens is 1. The van der Waals surface area contributed by atoms with Crippen molar-refractivity contribution in [2.24, 2.45) is 12.8 Å². The number of benzene rings is 1. The van der Waals surface area contributed by atoms with Gasteiger partial charge < -0.3 is 20.1 Å². The first-order chi connectivity index (χ1) is 13.5. The van der Waals surface area contributed by atoms with E-state index in [2.05, 4.69) is 35.7 Å². The van der Waals surface area contributed by atoms with Gasteiger partial charge in [-0.3, -0.25) is 9.32 Å². The molecular weight excluding hydrogens is 391 g/mol. The van der Waals surface area contributed by atoms with E-state index >= 15 is 0 Å². The van der Waals surface area contributed by atoms with E-state index in [1.54, 1.807) is 6.92 Å². The summed E-state index contributed by atoms with van der Waals surface area (Å²) in [5, 5.41) is 0. The average Bonchev–Trinajstić information content (AvgIpc) is 2.95. The Labute approximate surface area is 172 Å². The lowest BCUT2D eigenvalue weighted by Gasteiger charge is -2.25. The zero-order valence-electron chi connectivity index (χ0n) is 17.3. The smallest absolute Gasteiger partial charge is 0.345 e. The first kappa shape index (κ1) is 23.5. The molecule has 1 aromatic heterocycles. The molecule has 29 heavy (non-hydrogen) atoms. The van der Waals surface area contributed by atoms with E-state index in [0.29, 0.717) is 18.5 Å². The normalized spacial score (nSPS) is 14.0. The van der Waals surface area contributed by atoms with Gasteiger partial charge in [-0.15, -0.1) is 0 Å². The zero-order chi connectivity index (χ0) is 21.7. The molecule has 1 heterocycles. The third kappa shape index (κ3) is 7.88. The number of phosphoric ester groups is 1. The van der Waals surface area contributed by atoms with E-state index in [1.165, 1.54) is 11.1 Å². The van der Waals surface area contributed by atoms with Gasteiger partial charge in [0.1, 0.15) is 0 Å². The second-order valence-corrected chi connectivity index (χ2v) is 9.18. The van der Waals surface area contributed by atoms with Crippen molar-refractivity contribution in [2.45, 2.75) is 51.5 Å². The molecule has 0 unspecified atom stereocenters. The third-order valence-corrected chi connectivity index (χ3v) is 5.54. The second kappa shape index (κ2) is 9.83. The van der Waals surface area contributed by atoms with Gasteiger partial charge in [0.05, 0.1) is 12.3 Å². The fourth-order valence-electron chi connectivity index (χ4n) is 3.25. The summed E-state index contributed by atoms with van der Waals surface area (Å²) < 4.78 is 17.1. The predicted octanol–water partition coefficient (Wildman–Crippen LogP) is 3.30. The molecule has 160 valence electrons. The summed E-state index contributed by atoms with van der Waals surface area (Å²) in [6, 6.07) is 12.0. The summed E-state index contributed by atoms with van der Waals surface area (Å²) in [4.78, 5) is 30.2. The fraction of sp³-hybridized carbons (Fsp3) is 0.476. The van der Waals surface area contributed by atoms with Gasteiger partial charge in [-0.2, -0.15) is 0 Å². The maximum atomic E-state index is 12.6. The van der Waals surface area contributed by atoms with Crippen molar-refractivity contribution in [3.8, 4) is 0 Å². The lowest BCUT2D eigenvalue weighted by atomic mass is 9.94. The topological polar surface area (TPSA) is 115 Å². The van der Waals surface area contributed by atoms with Crippen molar-refractivity contribution in [2.75, 3.05) is 6.61 Å². The molecule has 2 rings (SSSR count). The van der Waals surface area contributed by atoms with Gasteiger partial charge in [0.15, 0.2) is 5.78 Å². The molecule has 0 bridgehead atoms. The Balaban J connectivity index is 1.89. The van der Waals surface area contributed by atoms with E-state index in [4.69, 9.17) is 15.5 Å². The minimum absolute atomic E-state index is 0.0921. The van der Waals surface area contributed by atoms with E-state index in [1.807, 2.05) is 23.7 Å². The first-order valence-corrected chi connectivity index (χ1v) is 11.2. The van der Waals surface area contributed by atoms with Gasteiger partial charge in [0.25, 0.3) is 0 Å². The number of rotatable bonds is 11. The fourth-order valence-corrected chi connectivity index (χ4v) is 3.58. The maximum absolute atomic E-state index is 12.6. The summed E-state index contributed by atoms with van der Waals surface area (Å²) in [6.45, 7) is 3.72. The highest BCUT2D eigenvalue weighted by molar-refractivity contribution is 7.46. The van der Waals surface area contributed by atoms with E-state index in [-0.39, 0.29) is 18.8 Å². The molecule has 8 heteroatoms. The molecule has 1 atom stereocenters. The monoisotopic (exact) mass is 422 g/mol. The number of nitrogens with zero attached hydrogens (tertiary/aromatic N) is 1. The van der Waals surface area contributed by atoms with Crippen LogP contribution in [0.15, 0.2) is 36.4 Å². The van der Waals surface area contributed by atoms with Crippen molar-refractivity contribution >= 4 is 13.6 Å². The van der Waals surface area contributed by atoms with Crippen LogP contribution in [0.3, 0.4) is 0 Å². The summed E-state index contributed by atoms with van der Waals surface area (Å²) in [5.41, 5.74) is 9.53. The van der Waals surface area contributed by atoms with Crippen LogP contribution in [0, 0.1) is 6.92 Å². The summed E-state index contributed by atoms with van der Waals surface area (Å²) in [5.74, 6) is 0.0921. The highest BCUT2D eigenvalue weighted by atomic mass is 31.2. The SMILES string of the molecule is Cc1ccc(CCCC(=O)c2ccc(C[C@@](C)(N)CCOP(=O)(O)O)n2C)cc1. The number of aryl methyl sites for hydroxylation is 2. The van der Waals surface area contributed by atoms with Crippen LogP contribution >= 0.6 is 7.82 Å². The molecule has 0 amide bonds. The molecule has 0 aliphatic carbocycles. The Morgan fingerprint density at radius 1 is 1.21 bits per heavy atom. The Hall–Kier alpha value is -1.76. The lowest BCUT2D eigenvalue weighted by molar-refractivity contribution is 0.0971. The molecule has 7 nitrogen and oxygen atoms in total. The highest BCUT2D eigenvalue weighted by Gasteiger charge is 2.24. The summed E-state index contributed by atoms with van der Waals surface area (Å²) in [6.07, 6.45) is 2.87. The number of ketones is 1. The number of carbonyl (C=O) groups excluding carboxylic acids is 1. The van der Waals surface area contributed by atoms with E-state index in [9.17, 15) is 9.36 Å². The third-order valence-electron chi connectivity index (χ3n) is 5.02. The molecule has 0 spiro atoms. The maximum Gasteiger partial charge on any atom is 0.469 e. The van der Waals surface area contributed by atoms with E-state index < -0.39 is 13.4 Å². The van der Waals surface area contributed by atoms with Crippen molar-refractivity contribution < 1.29 is 23.7 Å². The van der Waals surface area contributed by atoms with Gasteiger partial charge in [-0.1, -0.05) is 29.8 Å². The van der Waals surface area contributed by atoms with Crippen LogP contribution in [0.4, 0.5) is 0 Å². The highest BCUT2D eigenvalue weighted by Crippen LogP contribution is 2.36. The van der Waals surface area contributed by atoms with Crippen molar-refractivity contribution in [1.82, 2.24) is 4.57 Å². The zero-order valence-corrected chi connectivity index (χ0v) is 18.2. The van der Waals surface area contributed by atoms with Crippen LogP contribution in [-0.4, -0.2) is 32.3 Å². The number of phosphoric acid groups is 1. The number of nitrogens with two attached hydrogens (primary N) is 1. The van der Waals surface area contributed by atoms with Crippen molar-refractivity contribution in [3.63, 3.8) is 0 Å². The Kier molecular flexibility index (Phi) is 7.97. The van der Waals surface area contributed by atoms with Crippen molar-refractivity contribution in [1.29, 1.82) is 0 Å². The Bertz CT molecular complexity index is 868. The van der Waals surface area contributed by atoms with Gasteiger partial charge in [0, 0.05) is 31.1 Å². The molecular formula is C21H31N2O5P. The average molecular weight is 422 g/mol. The minimum Gasteiger partial charge on any atom is -0.345 e. The Morgan fingerprint density at radius 2 is 1.86 bits per heavy atom. The predicted molar refractivity (Wildman–Crippen MR) is 113 cm³/mol. The van der Waals surface area contributed by atoms with Gasteiger partial charge in [-0.25, -0.2) is 4.57 Å². The molecule has 1 aromatic carbocycles. The lowest BCUT2D eigenvalue weighted by Crippen LogP contribution is -2.40. The van der Waals surface area contributed by atoms with Crippen LogP contribution in [0.1, 0.15) is 53.5 Å². The number of carbonyl (C=O) groups is 1. The van der Waals surface area contributed by atoms with Crippen LogP contribution < -0.4 is 5.73 Å². The number of hydrogen-bond acceptors (Lipinski definition) is 4. The van der Waals surface area contributed by atoms with Gasteiger partial charge >= 0.3 is 7.82 Å². The van der Waals surface area contributed by atoms with Crippen LogP contribution in [-0.2, 0) is 29.0 Å². The summed E-state index contributed by atoms with van der Waals surface area (Å²) in [7, 11) is -2.66. The molecule has 0 fully saturated rings. The quantitative estimate of drug-likeness (QED) is 0.378. The van der Waals surface area contributed by atoms with Crippen LogP contribution in [0.5, 0.6) is 0 Å². The van der Waals surface area contributed by atoms with E-state index in [0.717, 1.165) is 18.5 Å². The first-order valence-electron chi connectivity index (χ1n) is 9.69. The molecule has 0 saturated heterocycles. The number of Topliss-reactive ketones (excluding diaryl/α,β-unsaturated/α-hetero) is 1. The molecule has 0 radical (unpaired) electrons. The molecule has 0 aliphatic rings. The second-order valence-electron chi connectivity index (χ2n) is 7.94. The Morgan fingerprint density at radius 3 is 2.48 bits per heavy atom. The standard InChI is InChI=1S/C21H31N2O5P/c1-16-7-9-17(10-8-16)5-4-6-20(24)19-12-11-18(23(19)3)15-21(2,22)13-14-28-29(25,26)27/h7-12H,4-6,13-15,22H2,1-3H3,(H2,25,26,27)/t21-/m0/s1. The minimum atomic E-state index is -4.49. The number of hydrogen-bond donors (Lipinski definition) is 3. The molecule has 0 saturated carbocycles. The molecule has 0 aliphatic heterocycles. The summed E-state index contributed by atoms with van der Waals surface area (Å²) >= 11 is 0. The van der Waals surface area contributed by atoms with Crippen LogP contribution in [0.25, 0.3) is 0 Å². The molecule has 4 N–H and O–H groups in total. The molecule has 2 aromatic rings. The van der Waals surface area contributed by atoms with Gasteiger partial charge in [-0.05, 0) is 50.8 Å². The largest absolute Gasteiger partial charge is 0.469 e. The van der Waals surface area contributed by atoms with Gasteiger partial charge in [0.2, 0.25) is 0 Å². The van der Waals surface area contributed by atoms with Crippen molar-refractivity contribution in [3.05, 3.63) is 58.9 Å². The van der Waals surface area contributed by atoms with Crippen LogP contribution in [0.2, 0.25) is 0 Å².